The lowest BCUT2D eigenvalue weighted by atomic mass is 10.1. The maximum atomic E-state index is 11.4. The second kappa shape index (κ2) is 5.68. The Morgan fingerprint density at radius 3 is 2.69 bits per heavy atom. The molecule has 90 valence electrons. The van der Waals surface area contributed by atoms with Crippen molar-refractivity contribution in [2.45, 2.75) is 32.7 Å². The van der Waals surface area contributed by atoms with Crippen LogP contribution in [0.25, 0.3) is 0 Å². The van der Waals surface area contributed by atoms with Crippen LogP contribution in [0.2, 0.25) is 0 Å². The summed E-state index contributed by atoms with van der Waals surface area (Å²) in [6.45, 7) is 6.55. The van der Waals surface area contributed by atoms with Crippen LogP contribution in [0.4, 0.5) is 4.79 Å². The number of rotatable bonds is 3. The summed E-state index contributed by atoms with van der Waals surface area (Å²) in [5.41, 5.74) is -0.184. The van der Waals surface area contributed by atoms with Gasteiger partial charge in [-0.25, -0.2) is 4.79 Å². The predicted octanol–water partition coefficient (Wildman–Crippen LogP) is 3.15. The molecule has 3 nitrogen and oxygen atoms in total. The minimum Gasteiger partial charge on any atom is -0.338 e. The summed E-state index contributed by atoms with van der Waals surface area (Å²) in [4.78, 5) is 12.7. The number of amides is 2. The zero-order valence-corrected chi connectivity index (χ0v) is 12.2. The largest absolute Gasteiger partial charge is 0.338 e. The summed E-state index contributed by atoms with van der Waals surface area (Å²) in [6, 6.07) is 1.97. The Morgan fingerprint density at radius 1 is 1.50 bits per heavy atom. The molecule has 0 saturated carbocycles. The van der Waals surface area contributed by atoms with E-state index in [0.29, 0.717) is 6.54 Å². The van der Waals surface area contributed by atoms with E-state index in [2.05, 4.69) is 32.6 Å². The third kappa shape index (κ3) is 5.51. The summed E-state index contributed by atoms with van der Waals surface area (Å²) >= 11 is 5.10. The third-order valence-corrected chi connectivity index (χ3v) is 3.52. The Labute approximate surface area is 109 Å². The van der Waals surface area contributed by atoms with Crippen LogP contribution in [-0.4, -0.2) is 18.1 Å². The van der Waals surface area contributed by atoms with Crippen molar-refractivity contribution < 1.29 is 4.79 Å². The maximum absolute atomic E-state index is 11.4. The monoisotopic (exact) mass is 304 g/mol. The van der Waals surface area contributed by atoms with Crippen LogP contribution in [0.5, 0.6) is 0 Å². The van der Waals surface area contributed by atoms with Gasteiger partial charge in [-0.1, -0.05) is 0 Å². The highest BCUT2D eigenvalue weighted by molar-refractivity contribution is 9.10. The molecule has 2 N–H and O–H groups in total. The molecule has 0 unspecified atom stereocenters. The van der Waals surface area contributed by atoms with Gasteiger partial charge < -0.3 is 10.6 Å². The fourth-order valence-electron chi connectivity index (χ4n) is 1.17. The van der Waals surface area contributed by atoms with Gasteiger partial charge in [0.05, 0.1) is 0 Å². The van der Waals surface area contributed by atoms with Crippen molar-refractivity contribution in [2.75, 3.05) is 6.54 Å². The fraction of sp³-hybridized carbons (Fsp3) is 0.545. The second-order valence-electron chi connectivity index (χ2n) is 4.61. The highest BCUT2D eigenvalue weighted by Crippen LogP contribution is 2.19. The van der Waals surface area contributed by atoms with Crippen LogP contribution in [-0.2, 0) is 6.42 Å². The Balaban J connectivity index is 2.23. The number of hydrogen-bond donors (Lipinski definition) is 2. The molecule has 0 aliphatic carbocycles. The van der Waals surface area contributed by atoms with Gasteiger partial charge in [-0.2, -0.15) is 0 Å². The van der Waals surface area contributed by atoms with Crippen LogP contribution < -0.4 is 10.6 Å². The second-order valence-corrected chi connectivity index (χ2v) is 6.52. The first-order valence-corrected chi connectivity index (χ1v) is 6.83. The first-order valence-electron chi connectivity index (χ1n) is 5.16. The average molecular weight is 305 g/mol. The Kier molecular flexibility index (Phi) is 4.80. The lowest BCUT2D eigenvalue weighted by Gasteiger charge is -2.20. The SMILES string of the molecule is CC(C)(C)NC(=O)NCCc1cc(Br)cs1. The molecule has 0 spiro atoms. The molecule has 1 rings (SSSR count). The first-order chi connectivity index (χ1) is 7.37. The lowest BCUT2D eigenvalue weighted by Crippen LogP contribution is -2.46. The molecule has 0 atom stereocenters. The number of hydrogen-bond acceptors (Lipinski definition) is 2. The molecule has 0 aliphatic heterocycles. The van der Waals surface area contributed by atoms with E-state index in [9.17, 15) is 4.79 Å². The Morgan fingerprint density at radius 2 is 2.19 bits per heavy atom. The summed E-state index contributed by atoms with van der Waals surface area (Å²) in [7, 11) is 0. The van der Waals surface area contributed by atoms with Gasteiger partial charge in [0.1, 0.15) is 0 Å². The maximum Gasteiger partial charge on any atom is 0.315 e. The summed E-state index contributed by atoms with van der Waals surface area (Å²) in [5.74, 6) is 0. The van der Waals surface area contributed by atoms with E-state index in [0.717, 1.165) is 10.9 Å². The minimum absolute atomic E-state index is 0.108. The van der Waals surface area contributed by atoms with Gasteiger partial charge in [0, 0.05) is 26.8 Å². The molecular formula is C11H17BrN2OS. The van der Waals surface area contributed by atoms with Crippen LogP contribution in [0, 0.1) is 0 Å². The average Bonchev–Trinajstić information content (AvgIpc) is 2.48. The van der Waals surface area contributed by atoms with Crippen molar-refractivity contribution >= 4 is 33.3 Å². The van der Waals surface area contributed by atoms with Gasteiger partial charge in [-0.05, 0) is 49.2 Å². The van der Waals surface area contributed by atoms with E-state index in [1.807, 2.05) is 26.2 Å². The molecule has 1 aromatic heterocycles. The van der Waals surface area contributed by atoms with Crippen LogP contribution in [0.1, 0.15) is 25.6 Å². The molecule has 1 heterocycles. The molecule has 5 heteroatoms. The quantitative estimate of drug-likeness (QED) is 0.885. The number of thiophene rings is 1. The number of carbonyl (C=O) groups is 1. The molecule has 0 fully saturated rings. The van der Waals surface area contributed by atoms with Crippen molar-refractivity contribution in [1.29, 1.82) is 0 Å². The zero-order chi connectivity index (χ0) is 12.2. The van der Waals surface area contributed by atoms with Crippen LogP contribution >= 0.6 is 27.3 Å². The van der Waals surface area contributed by atoms with Crippen molar-refractivity contribution in [3.05, 3.63) is 20.8 Å². The molecule has 2 amide bonds. The van der Waals surface area contributed by atoms with E-state index in [4.69, 9.17) is 0 Å². The van der Waals surface area contributed by atoms with E-state index in [1.165, 1.54) is 4.88 Å². The number of halogens is 1. The van der Waals surface area contributed by atoms with Crippen molar-refractivity contribution in [1.82, 2.24) is 10.6 Å². The van der Waals surface area contributed by atoms with E-state index in [1.54, 1.807) is 11.3 Å². The first kappa shape index (κ1) is 13.5. The van der Waals surface area contributed by atoms with Crippen LogP contribution in [0.15, 0.2) is 15.9 Å². The molecule has 1 aromatic rings. The van der Waals surface area contributed by atoms with E-state index >= 15 is 0 Å². The fourth-order valence-corrected chi connectivity index (χ4v) is 2.62. The summed E-state index contributed by atoms with van der Waals surface area (Å²) < 4.78 is 1.10. The summed E-state index contributed by atoms with van der Waals surface area (Å²) in [5, 5.41) is 7.74. The van der Waals surface area contributed by atoms with E-state index < -0.39 is 0 Å². The van der Waals surface area contributed by atoms with Gasteiger partial charge in [0.25, 0.3) is 0 Å². The highest BCUT2D eigenvalue weighted by atomic mass is 79.9. The van der Waals surface area contributed by atoms with Gasteiger partial charge in [-0.3, -0.25) is 0 Å². The molecule has 0 aliphatic rings. The number of carbonyl (C=O) groups excluding carboxylic acids is 1. The standard InChI is InChI=1S/C11H17BrN2OS/c1-11(2,3)14-10(15)13-5-4-9-6-8(12)7-16-9/h6-7H,4-5H2,1-3H3,(H2,13,14,15). The lowest BCUT2D eigenvalue weighted by molar-refractivity contribution is 0.232. The number of urea groups is 1. The Bertz CT molecular complexity index is 357. The van der Waals surface area contributed by atoms with Crippen molar-refractivity contribution in [2.24, 2.45) is 0 Å². The Hall–Kier alpha value is -0.550. The topological polar surface area (TPSA) is 41.1 Å². The molecule has 0 bridgehead atoms. The molecule has 16 heavy (non-hydrogen) atoms. The van der Waals surface area contributed by atoms with Gasteiger partial charge >= 0.3 is 6.03 Å². The minimum atomic E-state index is -0.184. The molecular weight excluding hydrogens is 288 g/mol. The molecule has 0 radical (unpaired) electrons. The highest BCUT2D eigenvalue weighted by Gasteiger charge is 2.12. The van der Waals surface area contributed by atoms with Crippen molar-refractivity contribution in [3.8, 4) is 0 Å². The van der Waals surface area contributed by atoms with Gasteiger partial charge in [0.2, 0.25) is 0 Å². The normalized spacial score (nSPS) is 11.2. The van der Waals surface area contributed by atoms with Gasteiger partial charge in [-0.15, -0.1) is 11.3 Å². The molecule has 0 aromatic carbocycles. The van der Waals surface area contributed by atoms with E-state index in [-0.39, 0.29) is 11.6 Å². The number of nitrogens with one attached hydrogen (secondary N) is 2. The molecule has 0 saturated heterocycles. The zero-order valence-electron chi connectivity index (χ0n) is 9.76. The van der Waals surface area contributed by atoms with Crippen LogP contribution in [0.3, 0.4) is 0 Å². The van der Waals surface area contributed by atoms with Gasteiger partial charge in [0.15, 0.2) is 0 Å². The van der Waals surface area contributed by atoms with Crippen molar-refractivity contribution in [3.63, 3.8) is 0 Å². The third-order valence-electron chi connectivity index (χ3n) is 1.77. The predicted molar refractivity (Wildman–Crippen MR) is 72.0 cm³/mol. The summed E-state index contributed by atoms with van der Waals surface area (Å²) in [6.07, 6.45) is 0.869. The smallest absolute Gasteiger partial charge is 0.315 e.